The summed E-state index contributed by atoms with van der Waals surface area (Å²) in [5, 5.41) is 3.38. The van der Waals surface area contributed by atoms with E-state index >= 15 is 0 Å². The summed E-state index contributed by atoms with van der Waals surface area (Å²) in [6.07, 6.45) is 2.87. The van der Waals surface area contributed by atoms with E-state index in [9.17, 15) is 19.2 Å². The van der Waals surface area contributed by atoms with Crippen LogP contribution in [0.5, 0.6) is 0 Å². The molecule has 2 saturated heterocycles. The number of nitrogens with zero attached hydrogens (tertiary/aromatic N) is 5. The molecule has 0 aliphatic carbocycles. The van der Waals surface area contributed by atoms with Crippen molar-refractivity contribution < 1.29 is 19.2 Å². The summed E-state index contributed by atoms with van der Waals surface area (Å²) in [7, 11) is 0. The molecule has 1 atom stereocenters. The highest BCUT2D eigenvalue weighted by Crippen LogP contribution is 2.35. The quantitative estimate of drug-likeness (QED) is 0.510. The second-order valence-electron chi connectivity index (χ2n) is 10.1. The fourth-order valence-electron chi connectivity index (χ4n) is 5.62. The summed E-state index contributed by atoms with van der Waals surface area (Å²) in [5.41, 5.74) is 2.81. The maximum Gasteiger partial charge on any atom is 0.262 e. The van der Waals surface area contributed by atoms with Gasteiger partial charge < -0.3 is 4.90 Å². The van der Waals surface area contributed by atoms with Crippen molar-refractivity contribution in [2.24, 2.45) is 0 Å². The summed E-state index contributed by atoms with van der Waals surface area (Å²) in [6.45, 7) is 8.36. The zero-order valence-electron chi connectivity index (χ0n) is 21.3. The van der Waals surface area contributed by atoms with Crippen LogP contribution >= 0.6 is 11.3 Å². The molecule has 11 heteroatoms. The molecule has 4 amide bonds. The molecule has 2 aromatic heterocycles. The van der Waals surface area contributed by atoms with Gasteiger partial charge in [-0.25, -0.2) is 9.97 Å². The molecule has 6 rings (SSSR count). The Morgan fingerprint density at radius 3 is 2.63 bits per heavy atom. The zero-order chi connectivity index (χ0) is 26.6. The van der Waals surface area contributed by atoms with E-state index in [2.05, 4.69) is 38.9 Å². The number of anilines is 1. The predicted octanol–water partition coefficient (Wildman–Crippen LogP) is 2.42. The van der Waals surface area contributed by atoms with Crippen LogP contribution in [0.3, 0.4) is 0 Å². The van der Waals surface area contributed by atoms with Crippen LogP contribution in [0.2, 0.25) is 0 Å². The minimum absolute atomic E-state index is 0.104. The van der Waals surface area contributed by atoms with Crippen LogP contribution in [0.15, 0.2) is 24.5 Å². The Labute approximate surface area is 223 Å². The van der Waals surface area contributed by atoms with Crippen molar-refractivity contribution in [3.05, 3.63) is 51.7 Å². The molecule has 10 nitrogen and oxygen atoms in total. The smallest absolute Gasteiger partial charge is 0.262 e. The predicted molar refractivity (Wildman–Crippen MR) is 142 cm³/mol. The van der Waals surface area contributed by atoms with Gasteiger partial charge in [0.2, 0.25) is 11.8 Å². The summed E-state index contributed by atoms with van der Waals surface area (Å²) in [5.74, 6) is -0.942. The Morgan fingerprint density at radius 1 is 1.00 bits per heavy atom. The molecule has 1 unspecified atom stereocenters. The second-order valence-corrected chi connectivity index (χ2v) is 11.3. The number of piperidine rings is 1. The number of carbonyl (C=O) groups is 4. The van der Waals surface area contributed by atoms with E-state index < -0.39 is 23.8 Å². The van der Waals surface area contributed by atoms with Gasteiger partial charge in [-0.3, -0.25) is 34.3 Å². The molecule has 38 heavy (non-hydrogen) atoms. The van der Waals surface area contributed by atoms with Crippen molar-refractivity contribution >= 4 is 51.0 Å². The van der Waals surface area contributed by atoms with E-state index in [0.29, 0.717) is 17.7 Å². The number of hydrogen-bond donors (Lipinski definition) is 1. The Hall–Kier alpha value is -3.70. The standard InChI is InChI=1S/C27H28N6O4S/c1-15-16(2)38-25-22(15)23(28-14-29-25)32-9-3-8-31(10-11-32)13-17-4-5-18-19(12-17)27(37)33(26(18)36)20-6-7-21(34)30-24(20)35/h4-5,12,14,20H,3,6-11,13H2,1-2H3,(H,30,34,35). The lowest BCUT2D eigenvalue weighted by atomic mass is 10.0. The first-order valence-electron chi connectivity index (χ1n) is 12.8. The van der Waals surface area contributed by atoms with Gasteiger partial charge in [0.05, 0.1) is 16.5 Å². The Bertz CT molecular complexity index is 1500. The van der Waals surface area contributed by atoms with Crippen molar-refractivity contribution in [3.8, 4) is 0 Å². The number of thiophene rings is 1. The third-order valence-electron chi connectivity index (χ3n) is 7.74. The average molecular weight is 533 g/mol. The topological polar surface area (TPSA) is 116 Å². The highest BCUT2D eigenvalue weighted by Gasteiger charge is 2.44. The fourth-order valence-corrected chi connectivity index (χ4v) is 6.61. The number of benzene rings is 1. The van der Waals surface area contributed by atoms with E-state index in [4.69, 9.17) is 0 Å². The van der Waals surface area contributed by atoms with Gasteiger partial charge in [-0.2, -0.15) is 0 Å². The number of fused-ring (bicyclic) bond motifs is 2. The van der Waals surface area contributed by atoms with E-state index in [1.807, 2.05) is 6.07 Å². The fraction of sp³-hybridized carbons (Fsp3) is 0.407. The monoisotopic (exact) mass is 532 g/mol. The van der Waals surface area contributed by atoms with Crippen molar-refractivity contribution in [1.82, 2.24) is 25.1 Å². The Morgan fingerprint density at radius 2 is 1.82 bits per heavy atom. The lowest BCUT2D eigenvalue weighted by Gasteiger charge is -2.27. The summed E-state index contributed by atoms with van der Waals surface area (Å²) in [4.78, 5) is 67.1. The lowest BCUT2D eigenvalue weighted by molar-refractivity contribution is -0.136. The zero-order valence-corrected chi connectivity index (χ0v) is 22.1. The van der Waals surface area contributed by atoms with Gasteiger partial charge >= 0.3 is 0 Å². The first kappa shape index (κ1) is 24.6. The molecule has 1 aromatic carbocycles. The van der Waals surface area contributed by atoms with Crippen LogP contribution < -0.4 is 10.2 Å². The van der Waals surface area contributed by atoms with Crippen LogP contribution in [0.4, 0.5) is 5.82 Å². The Kier molecular flexibility index (Phi) is 6.19. The van der Waals surface area contributed by atoms with E-state index in [0.717, 1.165) is 59.1 Å². The molecule has 1 N–H and O–H groups in total. The molecule has 0 radical (unpaired) electrons. The second kappa shape index (κ2) is 9.55. The largest absolute Gasteiger partial charge is 0.355 e. The molecular weight excluding hydrogens is 504 g/mol. The van der Waals surface area contributed by atoms with E-state index in [1.54, 1.807) is 29.8 Å². The highest BCUT2D eigenvalue weighted by molar-refractivity contribution is 7.18. The van der Waals surface area contributed by atoms with Gasteiger partial charge in [0.1, 0.15) is 23.0 Å². The van der Waals surface area contributed by atoms with Gasteiger partial charge in [0.25, 0.3) is 11.8 Å². The van der Waals surface area contributed by atoms with Crippen molar-refractivity contribution in [1.29, 1.82) is 0 Å². The minimum atomic E-state index is -0.955. The van der Waals surface area contributed by atoms with Crippen molar-refractivity contribution in [3.63, 3.8) is 0 Å². The van der Waals surface area contributed by atoms with Crippen LogP contribution in [0, 0.1) is 13.8 Å². The first-order valence-corrected chi connectivity index (χ1v) is 13.7. The Balaban J connectivity index is 1.16. The number of rotatable bonds is 4. The van der Waals surface area contributed by atoms with Gasteiger partial charge in [-0.05, 0) is 49.9 Å². The SMILES string of the molecule is Cc1sc2ncnc(N3CCCN(Cc4ccc5c(c4)C(=O)N(C4CCC(=O)NC4=O)C5=O)CC3)c2c1C. The molecule has 5 heterocycles. The number of amides is 4. The number of carbonyl (C=O) groups excluding carboxylic acids is 4. The number of aryl methyl sites for hydroxylation is 2. The van der Waals surface area contributed by atoms with Crippen molar-refractivity contribution in [2.45, 2.75) is 45.7 Å². The normalized spacial score (nSPS) is 20.7. The number of hydrogen-bond acceptors (Lipinski definition) is 9. The molecule has 0 spiro atoms. The summed E-state index contributed by atoms with van der Waals surface area (Å²) < 4.78 is 0. The average Bonchev–Trinajstić information content (AvgIpc) is 3.19. The van der Waals surface area contributed by atoms with Crippen LogP contribution in [0.1, 0.15) is 56.0 Å². The lowest BCUT2D eigenvalue weighted by Crippen LogP contribution is -2.54. The number of aromatic nitrogens is 2. The summed E-state index contributed by atoms with van der Waals surface area (Å²) in [6, 6.07) is 4.38. The molecule has 3 aromatic rings. The molecule has 0 saturated carbocycles. The third-order valence-corrected chi connectivity index (χ3v) is 8.86. The van der Waals surface area contributed by atoms with E-state index in [1.165, 1.54) is 10.4 Å². The molecule has 3 aliphatic heterocycles. The molecule has 196 valence electrons. The van der Waals surface area contributed by atoms with Crippen molar-refractivity contribution in [2.75, 3.05) is 31.1 Å². The van der Waals surface area contributed by atoms with Gasteiger partial charge in [0.15, 0.2) is 0 Å². The summed E-state index contributed by atoms with van der Waals surface area (Å²) >= 11 is 1.70. The third kappa shape index (κ3) is 4.15. The van der Waals surface area contributed by atoms with Crippen LogP contribution in [0.25, 0.3) is 10.2 Å². The minimum Gasteiger partial charge on any atom is -0.355 e. The molecule has 2 fully saturated rings. The van der Waals surface area contributed by atoms with E-state index in [-0.39, 0.29) is 18.7 Å². The van der Waals surface area contributed by atoms with Gasteiger partial charge in [0, 0.05) is 44.0 Å². The maximum atomic E-state index is 13.2. The molecular formula is C27H28N6O4S. The van der Waals surface area contributed by atoms with Gasteiger partial charge in [-0.15, -0.1) is 11.3 Å². The number of imide groups is 2. The molecule has 0 bridgehead atoms. The first-order chi connectivity index (χ1) is 18.3. The van der Waals surface area contributed by atoms with Crippen LogP contribution in [-0.2, 0) is 16.1 Å². The van der Waals surface area contributed by atoms with Crippen LogP contribution in [-0.4, -0.2) is 75.6 Å². The molecule has 3 aliphatic rings. The highest BCUT2D eigenvalue weighted by atomic mass is 32.1. The number of nitrogens with one attached hydrogen (secondary N) is 1. The van der Waals surface area contributed by atoms with Gasteiger partial charge in [-0.1, -0.05) is 6.07 Å². The maximum absolute atomic E-state index is 13.2.